The molecule has 6 nitrogen and oxygen atoms in total. The van der Waals surface area contributed by atoms with E-state index < -0.39 is 15.9 Å². The normalized spacial score (nSPS) is 11.5. The SMILES string of the molecule is CCCCc1ccc(N(C(=O)/C=C/c2ccc(OCCC)c(OC)c2)S(=O)(=O)c2ccc(Cl)cc2)cc1. The zero-order chi connectivity index (χ0) is 26.8. The Morgan fingerprint density at radius 3 is 2.27 bits per heavy atom. The highest BCUT2D eigenvalue weighted by atomic mass is 35.5. The molecule has 0 heterocycles. The molecule has 0 saturated carbocycles. The van der Waals surface area contributed by atoms with Gasteiger partial charge in [0, 0.05) is 11.1 Å². The molecule has 0 spiro atoms. The average molecular weight is 542 g/mol. The van der Waals surface area contributed by atoms with E-state index in [0.29, 0.717) is 28.7 Å². The fourth-order valence-corrected chi connectivity index (χ4v) is 5.14. The number of carbonyl (C=O) groups excluding carboxylic acids is 1. The lowest BCUT2D eigenvalue weighted by molar-refractivity contribution is -0.113. The molecule has 0 fully saturated rings. The third-order valence-corrected chi connectivity index (χ3v) is 7.60. The van der Waals surface area contributed by atoms with Crippen LogP contribution in [-0.4, -0.2) is 28.0 Å². The zero-order valence-electron chi connectivity index (χ0n) is 21.3. The Morgan fingerprint density at radius 2 is 1.65 bits per heavy atom. The zero-order valence-corrected chi connectivity index (χ0v) is 22.9. The van der Waals surface area contributed by atoms with Crippen molar-refractivity contribution < 1.29 is 22.7 Å². The molecule has 3 aromatic carbocycles. The Bertz CT molecular complexity index is 1320. The lowest BCUT2D eigenvalue weighted by Gasteiger charge is -2.22. The maximum atomic E-state index is 13.6. The van der Waals surface area contributed by atoms with Gasteiger partial charge in [-0.25, -0.2) is 8.42 Å². The van der Waals surface area contributed by atoms with E-state index in [1.165, 1.54) is 37.5 Å². The molecule has 0 N–H and O–H groups in total. The lowest BCUT2D eigenvalue weighted by Crippen LogP contribution is -2.35. The van der Waals surface area contributed by atoms with Gasteiger partial charge in [-0.1, -0.05) is 50.1 Å². The summed E-state index contributed by atoms with van der Waals surface area (Å²) >= 11 is 5.96. The highest BCUT2D eigenvalue weighted by molar-refractivity contribution is 7.93. The second-order valence-corrected chi connectivity index (χ2v) is 10.6. The minimum absolute atomic E-state index is 0.0344. The van der Waals surface area contributed by atoms with Crippen LogP contribution in [0.3, 0.4) is 0 Å². The van der Waals surface area contributed by atoms with Crippen LogP contribution in [0.5, 0.6) is 11.5 Å². The summed E-state index contributed by atoms with van der Waals surface area (Å²) in [5, 5.41) is 0.400. The van der Waals surface area contributed by atoms with Crippen LogP contribution < -0.4 is 13.8 Å². The number of hydrogen-bond donors (Lipinski definition) is 0. The first-order valence-electron chi connectivity index (χ1n) is 12.2. The molecule has 37 heavy (non-hydrogen) atoms. The number of hydrogen-bond acceptors (Lipinski definition) is 5. The minimum Gasteiger partial charge on any atom is -0.493 e. The second kappa shape index (κ2) is 13.3. The molecule has 0 unspecified atom stereocenters. The molecule has 0 aliphatic heterocycles. The van der Waals surface area contributed by atoms with E-state index in [1.54, 1.807) is 36.4 Å². The van der Waals surface area contributed by atoms with Gasteiger partial charge in [0.25, 0.3) is 15.9 Å². The van der Waals surface area contributed by atoms with Crippen molar-refractivity contribution in [3.05, 3.63) is 89.0 Å². The molecule has 3 aromatic rings. The van der Waals surface area contributed by atoms with Gasteiger partial charge >= 0.3 is 0 Å². The van der Waals surface area contributed by atoms with Crippen molar-refractivity contribution in [3.8, 4) is 11.5 Å². The van der Waals surface area contributed by atoms with Crippen LogP contribution in [-0.2, 0) is 21.2 Å². The summed E-state index contributed by atoms with van der Waals surface area (Å²) in [5.74, 6) is 0.417. The standard InChI is InChI=1S/C29H32ClNO5S/c1-4-6-7-22-8-14-25(15-9-22)31(37(33,34)26-16-12-24(30)13-17-26)29(32)19-11-23-10-18-27(36-20-5-2)28(21-23)35-3/h8-19,21H,4-7,20H2,1-3H3/b19-11+. The van der Waals surface area contributed by atoms with Gasteiger partial charge in [0.1, 0.15) is 0 Å². The maximum absolute atomic E-state index is 13.6. The Balaban J connectivity index is 1.96. The number of carbonyl (C=O) groups is 1. The number of nitrogens with zero attached hydrogens (tertiary/aromatic N) is 1. The van der Waals surface area contributed by atoms with Crippen LogP contribution in [0, 0.1) is 0 Å². The van der Waals surface area contributed by atoms with E-state index >= 15 is 0 Å². The molecule has 1 amide bonds. The molecular formula is C29H32ClNO5S. The van der Waals surface area contributed by atoms with Crippen molar-refractivity contribution in [1.82, 2.24) is 0 Å². The first kappa shape index (κ1) is 28.3. The summed E-state index contributed by atoms with van der Waals surface area (Å²) in [7, 11) is -2.67. The minimum atomic E-state index is -4.20. The van der Waals surface area contributed by atoms with E-state index in [-0.39, 0.29) is 10.6 Å². The fraction of sp³-hybridized carbons (Fsp3) is 0.276. The molecule has 0 radical (unpaired) electrons. The van der Waals surface area contributed by atoms with Crippen molar-refractivity contribution in [3.63, 3.8) is 0 Å². The average Bonchev–Trinajstić information content (AvgIpc) is 2.90. The van der Waals surface area contributed by atoms with Crippen molar-refractivity contribution in [1.29, 1.82) is 0 Å². The van der Waals surface area contributed by atoms with Crippen LogP contribution in [0.15, 0.2) is 77.7 Å². The summed E-state index contributed by atoms with van der Waals surface area (Å²) in [6.07, 6.45) is 6.61. The summed E-state index contributed by atoms with van der Waals surface area (Å²) in [4.78, 5) is 13.4. The molecular weight excluding hydrogens is 510 g/mol. The first-order chi connectivity index (χ1) is 17.8. The third kappa shape index (κ3) is 7.37. The number of rotatable bonds is 12. The molecule has 3 rings (SSSR count). The number of ether oxygens (including phenoxy) is 2. The van der Waals surface area contributed by atoms with Gasteiger partial charge in [-0.3, -0.25) is 4.79 Å². The van der Waals surface area contributed by atoms with E-state index in [9.17, 15) is 13.2 Å². The van der Waals surface area contributed by atoms with Gasteiger partial charge in [-0.05, 0) is 85.0 Å². The number of aryl methyl sites for hydroxylation is 1. The molecule has 0 atom stereocenters. The number of unbranched alkanes of at least 4 members (excludes halogenated alkanes) is 1. The van der Waals surface area contributed by atoms with Crippen molar-refractivity contribution in [2.24, 2.45) is 0 Å². The molecule has 8 heteroatoms. The summed E-state index contributed by atoms with van der Waals surface area (Å²) in [6.45, 7) is 4.68. The molecule has 0 saturated heterocycles. The Labute approximate surface area is 224 Å². The van der Waals surface area contributed by atoms with Crippen molar-refractivity contribution >= 4 is 39.3 Å². The third-order valence-electron chi connectivity index (χ3n) is 5.61. The fourth-order valence-electron chi connectivity index (χ4n) is 3.63. The van der Waals surface area contributed by atoms with E-state index in [1.807, 2.05) is 19.1 Å². The molecule has 0 aliphatic rings. The topological polar surface area (TPSA) is 72.9 Å². The lowest BCUT2D eigenvalue weighted by atomic mass is 10.1. The van der Waals surface area contributed by atoms with Gasteiger partial charge in [-0.15, -0.1) is 0 Å². The van der Waals surface area contributed by atoms with E-state index in [0.717, 1.165) is 35.6 Å². The number of amides is 1. The second-order valence-electron chi connectivity index (χ2n) is 8.42. The van der Waals surface area contributed by atoms with Gasteiger partial charge in [0.05, 0.1) is 24.3 Å². The monoisotopic (exact) mass is 541 g/mol. The molecule has 0 aromatic heterocycles. The van der Waals surface area contributed by atoms with Crippen molar-refractivity contribution in [2.75, 3.05) is 18.0 Å². The van der Waals surface area contributed by atoms with E-state index in [2.05, 4.69) is 6.92 Å². The van der Waals surface area contributed by atoms with Crippen LogP contribution in [0.25, 0.3) is 6.08 Å². The maximum Gasteiger partial charge on any atom is 0.271 e. The smallest absolute Gasteiger partial charge is 0.271 e. The highest BCUT2D eigenvalue weighted by Crippen LogP contribution is 2.30. The number of halogens is 1. The highest BCUT2D eigenvalue weighted by Gasteiger charge is 2.29. The number of benzene rings is 3. The number of methoxy groups -OCH3 is 1. The predicted octanol–water partition coefficient (Wildman–Crippen LogP) is 6.92. The summed E-state index contributed by atoms with van der Waals surface area (Å²) in [6, 6.07) is 18.0. The molecule has 0 aliphatic carbocycles. The van der Waals surface area contributed by atoms with Gasteiger partial charge < -0.3 is 9.47 Å². The Morgan fingerprint density at radius 1 is 0.946 bits per heavy atom. The molecule has 196 valence electrons. The molecule has 0 bridgehead atoms. The quantitative estimate of drug-likeness (QED) is 0.233. The van der Waals surface area contributed by atoms with Gasteiger partial charge in [0.15, 0.2) is 11.5 Å². The van der Waals surface area contributed by atoms with Crippen LogP contribution in [0.4, 0.5) is 5.69 Å². The Hall–Kier alpha value is -3.29. The summed E-state index contributed by atoms with van der Waals surface area (Å²) < 4.78 is 39.1. The predicted molar refractivity (Wildman–Crippen MR) is 149 cm³/mol. The van der Waals surface area contributed by atoms with Crippen LogP contribution in [0.2, 0.25) is 5.02 Å². The van der Waals surface area contributed by atoms with Crippen molar-refractivity contribution in [2.45, 2.75) is 44.4 Å². The van der Waals surface area contributed by atoms with Gasteiger partial charge in [0.2, 0.25) is 0 Å². The largest absolute Gasteiger partial charge is 0.493 e. The Kier molecular flexibility index (Phi) is 10.2. The number of sulfonamides is 1. The first-order valence-corrected chi connectivity index (χ1v) is 14.0. The van der Waals surface area contributed by atoms with E-state index in [4.69, 9.17) is 21.1 Å². The number of anilines is 1. The van der Waals surface area contributed by atoms with Crippen LogP contribution >= 0.6 is 11.6 Å². The van der Waals surface area contributed by atoms with Gasteiger partial charge in [-0.2, -0.15) is 4.31 Å². The van der Waals surface area contributed by atoms with Crippen LogP contribution in [0.1, 0.15) is 44.2 Å². The summed E-state index contributed by atoms with van der Waals surface area (Å²) in [5.41, 5.74) is 1.99.